The maximum atomic E-state index is 10.9. The molecule has 9 heteroatoms. The van der Waals surface area contributed by atoms with Gasteiger partial charge in [-0.05, 0) is 30.9 Å². The van der Waals surface area contributed by atoms with Crippen LogP contribution in [0.4, 0.5) is 5.82 Å². The van der Waals surface area contributed by atoms with E-state index >= 15 is 0 Å². The lowest BCUT2D eigenvalue weighted by Gasteiger charge is -2.34. The van der Waals surface area contributed by atoms with E-state index in [0.717, 1.165) is 42.7 Å². The van der Waals surface area contributed by atoms with Gasteiger partial charge in [-0.2, -0.15) is 0 Å². The Morgan fingerprint density at radius 2 is 2.20 bits per heavy atom. The van der Waals surface area contributed by atoms with Gasteiger partial charge in [0.05, 0.1) is 13.7 Å². The third-order valence-electron chi connectivity index (χ3n) is 4.26. The minimum absolute atomic E-state index is 0.205. The molecule has 0 unspecified atom stereocenters. The Bertz CT molecular complexity index is 781. The fourth-order valence-electron chi connectivity index (χ4n) is 3.20. The third-order valence-corrected chi connectivity index (χ3v) is 4.78. The number of para-hydroxylation sites is 1. The molecule has 0 aliphatic carbocycles. The standard InChI is InChI=1S/C16H22N3O5P/c1-23-14-6-2-5-13-15(14)17-10-18-16(13)19-7-3-4-12(8-19)9-24-11-25(20,21)22/h2,5-6,10,12H,3-4,7-9,11H2,1H3,(H2,20,21,22)/t12-/m1/s1. The smallest absolute Gasteiger partial charge is 0.350 e. The molecule has 1 fully saturated rings. The summed E-state index contributed by atoms with van der Waals surface area (Å²) in [5.74, 6) is 1.76. The highest BCUT2D eigenvalue weighted by Crippen LogP contribution is 2.35. The van der Waals surface area contributed by atoms with Crippen LogP contribution < -0.4 is 9.64 Å². The lowest BCUT2D eigenvalue weighted by atomic mass is 9.98. The molecule has 1 aromatic carbocycles. The molecule has 8 nitrogen and oxygen atoms in total. The third kappa shape index (κ3) is 4.46. The number of anilines is 1. The molecule has 0 spiro atoms. The average Bonchev–Trinajstić information content (AvgIpc) is 2.60. The van der Waals surface area contributed by atoms with Crippen LogP contribution in [0.15, 0.2) is 24.5 Å². The van der Waals surface area contributed by atoms with Gasteiger partial charge in [-0.25, -0.2) is 9.97 Å². The molecule has 0 amide bonds. The quantitative estimate of drug-likeness (QED) is 0.747. The molecule has 0 saturated carbocycles. The summed E-state index contributed by atoms with van der Waals surface area (Å²) in [6, 6.07) is 5.76. The van der Waals surface area contributed by atoms with E-state index in [4.69, 9.17) is 19.3 Å². The Labute approximate surface area is 146 Å². The van der Waals surface area contributed by atoms with Gasteiger partial charge in [0, 0.05) is 18.5 Å². The molecular weight excluding hydrogens is 345 g/mol. The van der Waals surface area contributed by atoms with Gasteiger partial charge in [-0.1, -0.05) is 6.07 Å². The molecule has 2 N–H and O–H groups in total. The van der Waals surface area contributed by atoms with Crippen molar-refractivity contribution in [3.8, 4) is 5.75 Å². The number of piperidine rings is 1. The van der Waals surface area contributed by atoms with E-state index in [1.54, 1.807) is 7.11 Å². The van der Waals surface area contributed by atoms with Gasteiger partial charge in [0.15, 0.2) is 0 Å². The number of methoxy groups -OCH3 is 1. The Morgan fingerprint density at radius 3 is 2.96 bits per heavy atom. The van der Waals surface area contributed by atoms with Gasteiger partial charge in [-0.15, -0.1) is 0 Å². The number of rotatable bonds is 6. The molecular formula is C16H22N3O5P. The predicted octanol–water partition coefficient (Wildman–Crippen LogP) is 2.01. The normalized spacial score (nSPS) is 18.5. The molecule has 1 aromatic heterocycles. The first-order valence-electron chi connectivity index (χ1n) is 8.13. The number of fused-ring (bicyclic) bond motifs is 1. The van der Waals surface area contributed by atoms with Crippen LogP contribution in [0, 0.1) is 5.92 Å². The molecule has 0 radical (unpaired) electrons. The van der Waals surface area contributed by atoms with E-state index in [9.17, 15) is 4.57 Å². The second kappa shape index (κ2) is 7.66. The van der Waals surface area contributed by atoms with E-state index in [1.807, 2.05) is 18.2 Å². The van der Waals surface area contributed by atoms with Gasteiger partial charge >= 0.3 is 7.60 Å². The number of nitrogens with zero attached hydrogens (tertiary/aromatic N) is 3. The second-order valence-electron chi connectivity index (χ2n) is 6.17. The Morgan fingerprint density at radius 1 is 1.36 bits per heavy atom. The van der Waals surface area contributed by atoms with Crippen LogP contribution in [-0.2, 0) is 9.30 Å². The molecule has 25 heavy (non-hydrogen) atoms. The van der Waals surface area contributed by atoms with E-state index < -0.39 is 13.9 Å². The Hall–Kier alpha value is -1.73. The molecule has 2 heterocycles. The summed E-state index contributed by atoms with van der Waals surface area (Å²) in [6.07, 6.45) is 2.94. The topological polar surface area (TPSA) is 105 Å². The highest BCUT2D eigenvalue weighted by Gasteiger charge is 2.24. The van der Waals surface area contributed by atoms with Crippen molar-refractivity contribution in [3.05, 3.63) is 24.5 Å². The van der Waals surface area contributed by atoms with E-state index in [1.165, 1.54) is 6.33 Å². The molecule has 1 atom stereocenters. The van der Waals surface area contributed by atoms with Crippen LogP contribution in [0.2, 0.25) is 0 Å². The van der Waals surface area contributed by atoms with Gasteiger partial charge in [-0.3, -0.25) is 4.57 Å². The highest BCUT2D eigenvalue weighted by atomic mass is 31.2. The van der Waals surface area contributed by atoms with Gasteiger partial charge in [0.1, 0.15) is 29.8 Å². The molecule has 3 rings (SSSR count). The van der Waals surface area contributed by atoms with E-state index in [0.29, 0.717) is 12.4 Å². The Balaban J connectivity index is 1.75. The van der Waals surface area contributed by atoms with Crippen molar-refractivity contribution in [3.63, 3.8) is 0 Å². The largest absolute Gasteiger partial charge is 0.494 e. The zero-order chi connectivity index (χ0) is 17.9. The first-order chi connectivity index (χ1) is 12.0. The number of benzene rings is 1. The second-order valence-corrected chi connectivity index (χ2v) is 7.76. The summed E-state index contributed by atoms with van der Waals surface area (Å²) in [5.41, 5.74) is 0.773. The monoisotopic (exact) mass is 367 g/mol. The van der Waals surface area contributed by atoms with Crippen molar-refractivity contribution < 1.29 is 23.8 Å². The van der Waals surface area contributed by atoms with Crippen molar-refractivity contribution in [2.45, 2.75) is 12.8 Å². The Kier molecular flexibility index (Phi) is 5.54. The summed E-state index contributed by atoms with van der Waals surface area (Å²) in [4.78, 5) is 28.7. The lowest BCUT2D eigenvalue weighted by Crippen LogP contribution is -2.38. The molecule has 1 aliphatic rings. The van der Waals surface area contributed by atoms with Gasteiger partial charge in [0.2, 0.25) is 0 Å². The van der Waals surface area contributed by atoms with Crippen molar-refractivity contribution in [1.82, 2.24) is 9.97 Å². The maximum absolute atomic E-state index is 10.9. The first-order valence-corrected chi connectivity index (χ1v) is 9.92. The molecule has 136 valence electrons. The van der Waals surface area contributed by atoms with E-state index in [-0.39, 0.29) is 5.92 Å². The molecule has 1 saturated heterocycles. The van der Waals surface area contributed by atoms with Crippen molar-refractivity contribution in [2.24, 2.45) is 5.92 Å². The van der Waals surface area contributed by atoms with Crippen LogP contribution in [0.25, 0.3) is 10.9 Å². The van der Waals surface area contributed by atoms with Crippen LogP contribution >= 0.6 is 7.60 Å². The summed E-state index contributed by atoms with van der Waals surface area (Å²) in [5, 5.41) is 0.929. The minimum Gasteiger partial charge on any atom is -0.494 e. The van der Waals surface area contributed by atoms with Gasteiger partial charge < -0.3 is 24.2 Å². The first kappa shape index (κ1) is 18.1. The average molecular weight is 367 g/mol. The van der Waals surface area contributed by atoms with E-state index in [2.05, 4.69) is 14.9 Å². The fraction of sp³-hybridized carbons (Fsp3) is 0.500. The lowest BCUT2D eigenvalue weighted by molar-refractivity contribution is 0.114. The highest BCUT2D eigenvalue weighted by molar-refractivity contribution is 7.51. The SMILES string of the molecule is COc1cccc2c(N3CCC[C@@H](COCP(=O)(O)O)C3)ncnc12. The zero-order valence-corrected chi connectivity index (χ0v) is 14.9. The number of ether oxygens (including phenoxy) is 2. The van der Waals surface area contributed by atoms with Crippen LogP contribution in [0.3, 0.4) is 0 Å². The van der Waals surface area contributed by atoms with Crippen molar-refractivity contribution in [2.75, 3.05) is 38.1 Å². The fourth-order valence-corrected chi connectivity index (χ4v) is 3.54. The summed E-state index contributed by atoms with van der Waals surface area (Å²) < 4.78 is 21.5. The summed E-state index contributed by atoms with van der Waals surface area (Å²) >= 11 is 0. The van der Waals surface area contributed by atoms with Crippen LogP contribution in [0.1, 0.15) is 12.8 Å². The summed E-state index contributed by atoms with van der Waals surface area (Å²) in [7, 11) is -2.50. The van der Waals surface area contributed by atoms with Crippen LogP contribution in [0.5, 0.6) is 5.75 Å². The van der Waals surface area contributed by atoms with Crippen molar-refractivity contribution >= 4 is 24.3 Å². The number of aromatic nitrogens is 2. The number of hydrogen-bond acceptors (Lipinski definition) is 6. The summed E-state index contributed by atoms with van der Waals surface area (Å²) in [6.45, 7) is 1.93. The molecule has 2 aromatic rings. The minimum atomic E-state index is -4.12. The maximum Gasteiger partial charge on any atom is 0.350 e. The van der Waals surface area contributed by atoms with Crippen LogP contribution in [-0.4, -0.2) is 52.9 Å². The molecule has 1 aliphatic heterocycles. The predicted molar refractivity (Wildman–Crippen MR) is 93.9 cm³/mol. The van der Waals surface area contributed by atoms with Gasteiger partial charge in [0.25, 0.3) is 0 Å². The number of hydrogen-bond donors (Lipinski definition) is 2. The van der Waals surface area contributed by atoms with Crippen molar-refractivity contribution in [1.29, 1.82) is 0 Å². The molecule has 0 bridgehead atoms. The zero-order valence-electron chi connectivity index (χ0n) is 14.0.